The molecule has 0 aromatic heterocycles. The van der Waals surface area contributed by atoms with Gasteiger partial charge in [-0.1, -0.05) is 66.7 Å². The molecular formula is C21H22Cl2O4. The van der Waals surface area contributed by atoms with Crippen LogP contribution in [-0.4, -0.2) is 11.9 Å². The summed E-state index contributed by atoms with van der Waals surface area (Å²) in [5, 5.41) is 0.851. The van der Waals surface area contributed by atoms with Gasteiger partial charge >= 0.3 is 11.9 Å². The fourth-order valence-electron chi connectivity index (χ4n) is 2.47. The molecule has 2 aromatic carbocycles. The molecule has 0 radical (unpaired) electrons. The standard InChI is InChI=1S/C21H22Cl2O4/c22-16-10-6-8-12-18(16)26-20(24)14-4-2-1-3-5-15-21(25)27-19-13-9-7-11-17(19)23/h6-13H,1-5,14-15H2. The summed E-state index contributed by atoms with van der Waals surface area (Å²) in [6.07, 6.45) is 4.92. The van der Waals surface area contributed by atoms with E-state index < -0.39 is 0 Å². The molecule has 144 valence electrons. The lowest BCUT2D eigenvalue weighted by atomic mass is 10.1. The van der Waals surface area contributed by atoms with Gasteiger partial charge in [0.2, 0.25) is 0 Å². The number of hydrogen-bond donors (Lipinski definition) is 0. The molecule has 0 aliphatic heterocycles. The van der Waals surface area contributed by atoms with E-state index >= 15 is 0 Å². The number of halogens is 2. The molecule has 0 aliphatic rings. The highest BCUT2D eigenvalue weighted by atomic mass is 35.5. The minimum atomic E-state index is -0.286. The fraction of sp³-hybridized carbons (Fsp3) is 0.333. The molecule has 0 saturated heterocycles. The van der Waals surface area contributed by atoms with Crippen LogP contribution < -0.4 is 9.47 Å². The fourth-order valence-corrected chi connectivity index (χ4v) is 2.82. The van der Waals surface area contributed by atoms with Crippen LogP contribution in [0.5, 0.6) is 11.5 Å². The number of rotatable bonds is 10. The van der Waals surface area contributed by atoms with Gasteiger partial charge in [0.15, 0.2) is 0 Å². The Morgan fingerprint density at radius 3 is 1.41 bits per heavy atom. The van der Waals surface area contributed by atoms with Crippen LogP contribution in [0, 0.1) is 0 Å². The molecular weight excluding hydrogens is 387 g/mol. The number of unbranched alkanes of at least 4 members (excludes halogenated alkanes) is 4. The second kappa shape index (κ2) is 11.6. The summed E-state index contributed by atoms with van der Waals surface area (Å²) >= 11 is 11.9. The highest BCUT2D eigenvalue weighted by Gasteiger charge is 2.09. The molecule has 0 atom stereocenters. The Labute approximate surface area is 169 Å². The van der Waals surface area contributed by atoms with Gasteiger partial charge in [0.25, 0.3) is 0 Å². The maximum atomic E-state index is 11.8. The van der Waals surface area contributed by atoms with Crippen molar-refractivity contribution in [3.8, 4) is 11.5 Å². The van der Waals surface area contributed by atoms with E-state index in [4.69, 9.17) is 32.7 Å². The number of ether oxygens (including phenoxy) is 2. The first-order valence-corrected chi connectivity index (χ1v) is 9.72. The Balaban J connectivity index is 1.52. The zero-order valence-corrected chi connectivity index (χ0v) is 16.5. The molecule has 0 spiro atoms. The highest BCUT2D eigenvalue weighted by molar-refractivity contribution is 6.32. The van der Waals surface area contributed by atoms with E-state index in [-0.39, 0.29) is 11.9 Å². The van der Waals surface area contributed by atoms with Crippen LogP contribution in [-0.2, 0) is 9.59 Å². The van der Waals surface area contributed by atoms with Crippen LogP contribution in [0.3, 0.4) is 0 Å². The molecule has 4 nitrogen and oxygen atoms in total. The summed E-state index contributed by atoms with van der Waals surface area (Å²) in [5.74, 6) is 0.209. The number of esters is 2. The normalized spacial score (nSPS) is 10.4. The zero-order chi connectivity index (χ0) is 19.5. The van der Waals surface area contributed by atoms with Crippen LogP contribution in [0.1, 0.15) is 44.9 Å². The van der Waals surface area contributed by atoms with Gasteiger partial charge in [0, 0.05) is 12.8 Å². The molecule has 0 unspecified atom stereocenters. The lowest BCUT2D eigenvalue weighted by Gasteiger charge is -2.06. The van der Waals surface area contributed by atoms with Gasteiger partial charge in [0.05, 0.1) is 10.0 Å². The average molecular weight is 409 g/mol. The van der Waals surface area contributed by atoms with Gasteiger partial charge in [-0.3, -0.25) is 9.59 Å². The monoisotopic (exact) mass is 408 g/mol. The maximum absolute atomic E-state index is 11.8. The second-order valence-electron chi connectivity index (χ2n) is 6.08. The largest absolute Gasteiger partial charge is 0.425 e. The summed E-state index contributed by atoms with van der Waals surface area (Å²) in [6, 6.07) is 13.8. The lowest BCUT2D eigenvalue weighted by molar-refractivity contribution is -0.135. The van der Waals surface area contributed by atoms with Crippen LogP contribution in [0.25, 0.3) is 0 Å². The van der Waals surface area contributed by atoms with E-state index in [1.54, 1.807) is 48.5 Å². The first-order chi connectivity index (χ1) is 13.1. The molecule has 0 aliphatic carbocycles. The smallest absolute Gasteiger partial charge is 0.311 e. The van der Waals surface area contributed by atoms with Gasteiger partial charge in [0.1, 0.15) is 11.5 Å². The molecule has 0 bridgehead atoms. The highest BCUT2D eigenvalue weighted by Crippen LogP contribution is 2.24. The first-order valence-electron chi connectivity index (χ1n) is 8.96. The molecule has 0 fully saturated rings. The van der Waals surface area contributed by atoms with Crippen molar-refractivity contribution in [3.63, 3.8) is 0 Å². The molecule has 0 saturated carbocycles. The van der Waals surface area contributed by atoms with Gasteiger partial charge < -0.3 is 9.47 Å². The summed E-state index contributed by atoms with van der Waals surface area (Å²) < 4.78 is 10.5. The Morgan fingerprint density at radius 2 is 1.00 bits per heavy atom. The van der Waals surface area contributed by atoms with E-state index in [0.717, 1.165) is 32.1 Å². The van der Waals surface area contributed by atoms with E-state index in [9.17, 15) is 9.59 Å². The van der Waals surface area contributed by atoms with Gasteiger partial charge in [-0.25, -0.2) is 0 Å². The molecule has 0 amide bonds. The minimum absolute atomic E-state index is 0.286. The number of hydrogen-bond acceptors (Lipinski definition) is 4. The third-order valence-corrected chi connectivity index (χ3v) is 4.51. The zero-order valence-electron chi connectivity index (χ0n) is 15.0. The predicted octanol–water partition coefficient (Wildman–Crippen LogP) is 6.24. The van der Waals surface area contributed by atoms with Gasteiger partial charge in [-0.2, -0.15) is 0 Å². The average Bonchev–Trinajstić information content (AvgIpc) is 2.65. The van der Waals surface area contributed by atoms with Crippen molar-refractivity contribution in [3.05, 3.63) is 58.6 Å². The van der Waals surface area contributed by atoms with Crippen LogP contribution >= 0.6 is 23.2 Å². The van der Waals surface area contributed by atoms with Crippen LogP contribution in [0.4, 0.5) is 0 Å². The SMILES string of the molecule is O=C(CCCCCCCC(=O)Oc1ccccc1Cl)Oc1ccccc1Cl. The molecule has 0 heterocycles. The number of para-hydroxylation sites is 2. The lowest BCUT2D eigenvalue weighted by Crippen LogP contribution is -2.08. The van der Waals surface area contributed by atoms with Crippen molar-refractivity contribution in [1.29, 1.82) is 0 Å². The van der Waals surface area contributed by atoms with Crippen molar-refractivity contribution >= 4 is 35.1 Å². The summed E-state index contributed by atoms with van der Waals surface area (Å²) in [6.45, 7) is 0. The molecule has 2 aromatic rings. The number of carbonyl (C=O) groups is 2. The summed E-state index contributed by atoms with van der Waals surface area (Å²) in [7, 11) is 0. The Kier molecular flexibility index (Phi) is 9.16. The minimum Gasteiger partial charge on any atom is -0.425 e. The van der Waals surface area contributed by atoms with Crippen molar-refractivity contribution in [2.45, 2.75) is 44.9 Å². The van der Waals surface area contributed by atoms with Crippen LogP contribution in [0.2, 0.25) is 10.0 Å². The summed E-state index contributed by atoms with van der Waals surface area (Å²) in [4.78, 5) is 23.6. The van der Waals surface area contributed by atoms with Crippen molar-refractivity contribution in [2.75, 3.05) is 0 Å². The quantitative estimate of drug-likeness (QED) is 0.265. The van der Waals surface area contributed by atoms with Crippen LogP contribution in [0.15, 0.2) is 48.5 Å². The number of benzene rings is 2. The van der Waals surface area contributed by atoms with E-state index in [1.165, 1.54) is 0 Å². The van der Waals surface area contributed by atoms with Gasteiger partial charge in [-0.15, -0.1) is 0 Å². The van der Waals surface area contributed by atoms with Crippen molar-refractivity contribution in [1.82, 2.24) is 0 Å². The third kappa shape index (κ3) is 8.02. The molecule has 27 heavy (non-hydrogen) atoms. The predicted molar refractivity (Wildman–Crippen MR) is 106 cm³/mol. The second-order valence-corrected chi connectivity index (χ2v) is 6.89. The molecule has 0 N–H and O–H groups in total. The molecule has 2 rings (SSSR count). The van der Waals surface area contributed by atoms with E-state index in [1.807, 2.05) is 0 Å². The van der Waals surface area contributed by atoms with Crippen molar-refractivity contribution in [2.24, 2.45) is 0 Å². The Morgan fingerprint density at radius 1 is 0.630 bits per heavy atom. The first kappa shape index (κ1) is 21.3. The van der Waals surface area contributed by atoms with Gasteiger partial charge in [-0.05, 0) is 37.1 Å². The van der Waals surface area contributed by atoms with Crippen molar-refractivity contribution < 1.29 is 19.1 Å². The Bertz CT molecular complexity index is 698. The topological polar surface area (TPSA) is 52.6 Å². The van der Waals surface area contributed by atoms with E-state index in [2.05, 4.69) is 0 Å². The maximum Gasteiger partial charge on any atom is 0.311 e. The summed E-state index contributed by atoms with van der Waals surface area (Å²) in [5.41, 5.74) is 0. The molecule has 6 heteroatoms. The Hall–Kier alpha value is -2.04. The number of carbonyl (C=O) groups excluding carboxylic acids is 2. The van der Waals surface area contributed by atoms with E-state index in [0.29, 0.717) is 34.4 Å². The third-order valence-electron chi connectivity index (χ3n) is 3.88.